The van der Waals surface area contributed by atoms with Crippen LogP contribution < -0.4 is 0 Å². The molecule has 0 radical (unpaired) electrons. The molecule has 2 aromatic heterocycles. The normalized spacial score (nSPS) is 9.92. The molecule has 0 saturated heterocycles. The van der Waals surface area contributed by atoms with Crippen molar-refractivity contribution in [3.05, 3.63) is 24.2 Å². The molecule has 58 valence electrons. The third kappa shape index (κ3) is 0.736. The van der Waals surface area contributed by atoms with E-state index in [2.05, 4.69) is 10.1 Å². The van der Waals surface area contributed by atoms with Crippen LogP contribution in [0.25, 0.3) is 5.65 Å². The molecular weight excluding hydrogens is 154 g/mol. The molecule has 0 aliphatic rings. The molecule has 0 unspecified atom stereocenters. The van der Waals surface area contributed by atoms with E-state index in [1.807, 2.05) is 5.92 Å². The molecule has 0 atom stereocenters. The van der Waals surface area contributed by atoms with Crippen LogP contribution in [0.4, 0.5) is 0 Å². The zero-order chi connectivity index (χ0) is 8.55. The van der Waals surface area contributed by atoms with Crippen molar-refractivity contribution in [1.82, 2.24) is 14.6 Å². The molecule has 1 N–H and O–H groups in total. The summed E-state index contributed by atoms with van der Waals surface area (Å²) in [7, 11) is 0. The summed E-state index contributed by atoms with van der Waals surface area (Å²) in [5.41, 5.74) is 1.00. The van der Waals surface area contributed by atoms with Gasteiger partial charge in [0.05, 0.1) is 5.56 Å². The smallest absolute Gasteiger partial charge is 0.240 e. The van der Waals surface area contributed by atoms with E-state index < -0.39 is 0 Å². The third-order valence-corrected chi connectivity index (χ3v) is 1.61. The van der Waals surface area contributed by atoms with Crippen LogP contribution in [0.3, 0.4) is 0 Å². The van der Waals surface area contributed by atoms with Crippen molar-refractivity contribution in [2.75, 3.05) is 0 Å². The number of ketones is 1. The van der Waals surface area contributed by atoms with Gasteiger partial charge in [-0.3, -0.25) is 9.89 Å². The van der Waals surface area contributed by atoms with E-state index in [4.69, 9.17) is 6.42 Å². The Hall–Kier alpha value is -2.02. The van der Waals surface area contributed by atoms with Gasteiger partial charge in [-0.25, -0.2) is 9.50 Å². The van der Waals surface area contributed by atoms with E-state index in [0.717, 1.165) is 0 Å². The van der Waals surface area contributed by atoms with E-state index in [-0.39, 0.29) is 5.78 Å². The van der Waals surface area contributed by atoms with Crippen LogP contribution in [0, 0.1) is 12.3 Å². The molecule has 0 amide bonds. The second kappa shape index (κ2) is 2.24. The Morgan fingerprint density at radius 2 is 2.58 bits per heavy atom. The van der Waals surface area contributed by atoms with Crippen molar-refractivity contribution in [1.29, 1.82) is 0 Å². The first-order chi connectivity index (χ1) is 5.83. The van der Waals surface area contributed by atoms with E-state index in [0.29, 0.717) is 11.2 Å². The van der Waals surface area contributed by atoms with Gasteiger partial charge in [0.25, 0.3) is 0 Å². The molecule has 2 aromatic rings. The lowest BCUT2D eigenvalue weighted by molar-refractivity contribution is 0.105. The minimum Gasteiger partial charge on any atom is -0.299 e. The summed E-state index contributed by atoms with van der Waals surface area (Å²) in [6, 6.07) is 0. The quantitative estimate of drug-likeness (QED) is 0.373. The first-order valence-electron chi connectivity index (χ1n) is 3.34. The molecule has 4 heteroatoms. The lowest BCUT2D eigenvalue weighted by Gasteiger charge is -1.83. The number of hydrogen-bond donors (Lipinski definition) is 1. The van der Waals surface area contributed by atoms with Gasteiger partial charge in [0.2, 0.25) is 5.78 Å². The van der Waals surface area contributed by atoms with Gasteiger partial charge in [-0.1, -0.05) is 0 Å². The summed E-state index contributed by atoms with van der Waals surface area (Å²) in [6.07, 6.45) is 9.83. The van der Waals surface area contributed by atoms with Crippen molar-refractivity contribution in [3.8, 4) is 12.3 Å². The van der Waals surface area contributed by atoms with Gasteiger partial charge < -0.3 is 0 Å². The highest BCUT2D eigenvalue weighted by Gasteiger charge is 2.09. The van der Waals surface area contributed by atoms with Gasteiger partial charge in [0.15, 0.2) is 5.65 Å². The van der Waals surface area contributed by atoms with Crippen molar-refractivity contribution in [2.45, 2.75) is 0 Å². The molecule has 0 aliphatic carbocycles. The zero-order valence-corrected chi connectivity index (χ0v) is 6.11. The summed E-state index contributed by atoms with van der Waals surface area (Å²) in [5.74, 6) is 1.68. The first kappa shape index (κ1) is 6.68. The van der Waals surface area contributed by atoms with E-state index in [1.54, 1.807) is 23.1 Å². The number of aromatic amines is 1. The van der Waals surface area contributed by atoms with Crippen LogP contribution in [0.15, 0.2) is 18.6 Å². The average molecular weight is 159 g/mol. The number of carbonyl (C=O) groups is 1. The molecule has 0 fully saturated rings. The maximum atomic E-state index is 11.1. The Bertz CT molecular complexity index is 472. The number of rotatable bonds is 1. The van der Waals surface area contributed by atoms with Gasteiger partial charge in [-0.05, 0) is 5.92 Å². The minimum absolute atomic E-state index is 0.354. The number of nitrogens with one attached hydrogen (secondary N) is 1. The Kier molecular flexibility index (Phi) is 1.25. The van der Waals surface area contributed by atoms with Crippen LogP contribution in [0.2, 0.25) is 0 Å². The molecule has 0 saturated carbocycles. The summed E-state index contributed by atoms with van der Waals surface area (Å²) in [5, 5.41) is 2.82. The second-order valence-corrected chi connectivity index (χ2v) is 2.28. The second-order valence-electron chi connectivity index (χ2n) is 2.28. The predicted molar refractivity (Wildman–Crippen MR) is 42.7 cm³/mol. The fourth-order valence-electron chi connectivity index (χ4n) is 1.05. The van der Waals surface area contributed by atoms with Gasteiger partial charge in [0.1, 0.15) is 0 Å². The Morgan fingerprint density at radius 1 is 1.75 bits per heavy atom. The van der Waals surface area contributed by atoms with Gasteiger partial charge in [-0.2, -0.15) is 0 Å². The molecule has 2 heterocycles. The SMILES string of the molecule is C#CC(=O)c1c[nH]n2ccnc12. The summed E-state index contributed by atoms with van der Waals surface area (Å²) in [4.78, 5) is 15.0. The topological polar surface area (TPSA) is 50.2 Å². The van der Waals surface area contributed by atoms with Crippen LogP contribution >= 0.6 is 0 Å². The zero-order valence-electron chi connectivity index (χ0n) is 6.11. The van der Waals surface area contributed by atoms with E-state index >= 15 is 0 Å². The van der Waals surface area contributed by atoms with Crippen molar-refractivity contribution in [2.24, 2.45) is 0 Å². The molecule has 2 rings (SSSR count). The number of aromatic nitrogens is 3. The number of carbonyl (C=O) groups excluding carboxylic acids is 1. The third-order valence-electron chi connectivity index (χ3n) is 1.61. The molecule has 0 aliphatic heterocycles. The number of nitrogens with zero attached hydrogens (tertiary/aromatic N) is 2. The molecule has 0 spiro atoms. The van der Waals surface area contributed by atoms with E-state index in [9.17, 15) is 4.79 Å². The molecular formula is C8H5N3O. The Morgan fingerprint density at radius 3 is 3.33 bits per heavy atom. The summed E-state index contributed by atoms with van der Waals surface area (Å²) < 4.78 is 1.63. The van der Waals surface area contributed by atoms with Crippen molar-refractivity contribution in [3.63, 3.8) is 0 Å². The minimum atomic E-state index is -0.354. The molecule has 0 aromatic carbocycles. The van der Waals surface area contributed by atoms with Crippen LogP contribution in [0.1, 0.15) is 10.4 Å². The predicted octanol–water partition coefficient (Wildman–Crippen LogP) is 0.478. The van der Waals surface area contributed by atoms with Crippen molar-refractivity contribution >= 4 is 11.4 Å². The number of imidazole rings is 1. The lowest BCUT2D eigenvalue weighted by atomic mass is 10.2. The molecule has 12 heavy (non-hydrogen) atoms. The number of fused-ring (bicyclic) bond motifs is 1. The maximum absolute atomic E-state index is 11.1. The highest BCUT2D eigenvalue weighted by Crippen LogP contribution is 2.07. The Labute approximate surface area is 68.2 Å². The fraction of sp³-hybridized carbons (Fsp3) is 0. The number of hydrogen-bond acceptors (Lipinski definition) is 2. The highest BCUT2D eigenvalue weighted by molar-refractivity contribution is 6.12. The number of H-pyrrole nitrogens is 1. The Balaban J connectivity index is 2.71. The van der Waals surface area contributed by atoms with Crippen LogP contribution in [-0.4, -0.2) is 20.4 Å². The summed E-state index contributed by atoms with van der Waals surface area (Å²) >= 11 is 0. The van der Waals surface area contributed by atoms with Crippen LogP contribution in [0.5, 0.6) is 0 Å². The molecule has 4 nitrogen and oxygen atoms in total. The monoisotopic (exact) mass is 159 g/mol. The first-order valence-corrected chi connectivity index (χ1v) is 3.34. The standard InChI is InChI=1S/C8H5N3O/c1-2-7(12)6-5-10-11-4-3-9-8(6)11/h1,3-5,10H. The average Bonchev–Trinajstić information content (AvgIpc) is 2.62. The number of Topliss-reactive ketones (excluding diaryl/α,β-unsaturated/α-hetero) is 1. The van der Waals surface area contributed by atoms with Gasteiger partial charge in [-0.15, -0.1) is 6.42 Å². The fourth-order valence-corrected chi connectivity index (χ4v) is 1.05. The highest BCUT2D eigenvalue weighted by atomic mass is 16.1. The van der Waals surface area contributed by atoms with Crippen molar-refractivity contribution < 1.29 is 4.79 Å². The van der Waals surface area contributed by atoms with Gasteiger partial charge in [0, 0.05) is 18.6 Å². The number of terminal acetylenes is 1. The maximum Gasteiger partial charge on any atom is 0.240 e. The van der Waals surface area contributed by atoms with Gasteiger partial charge >= 0.3 is 0 Å². The molecule has 0 bridgehead atoms. The lowest BCUT2D eigenvalue weighted by Crippen LogP contribution is -1.92. The summed E-state index contributed by atoms with van der Waals surface area (Å²) in [6.45, 7) is 0. The van der Waals surface area contributed by atoms with E-state index in [1.165, 1.54) is 0 Å². The largest absolute Gasteiger partial charge is 0.299 e. The van der Waals surface area contributed by atoms with Crippen LogP contribution in [-0.2, 0) is 0 Å².